The zero-order chi connectivity index (χ0) is 4.28. The molecule has 3 nitrogen and oxygen atoms in total. The zero-order valence-corrected chi connectivity index (χ0v) is 4.05. The number of rotatable bonds is 1. The minimum atomic E-state index is -1.23. The second-order valence-corrected chi connectivity index (χ2v) is 1.61. The normalized spacial score (nSPS) is 9.80. The highest BCUT2D eigenvalue weighted by Gasteiger charge is 1.83. The molecular weight excluding hydrogens is 86.1 g/mol. The van der Waals surface area contributed by atoms with Gasteiger partial charge < -0.3 is 10.5 Å². The maximum absolute atomic E-state index is 9.30. The predicted octanol–water partition coefficient (Wildman–Crippen LogP) is -1.29. The van der Waals surface area contributed by atoms with Crippen molar-refractivity contribution in [3.63, 3.8) is 0 Å². The maximum atomic E-state index is 9.30. The summed E-state index contributed by atoms with van der Waals surface area (Å²) in [4.78, 5) is 9.30. The Balaban J connectivity index is 2.85. The number of hydrogen-bond acceptors (Lipinski definition) is 2. The van der Waals surface area contributed by atoms with Gasteiger partial charge in [-0.1, -0.05) is 0 Å². The molecule has 4 heteroatoms. The summed E-state index contributed by atoms with van der Waals surface area (Å²) in [5.41, 5.74) is -0.829. The lowest BCUT2D eigenvalue weighted by Crippen LogP contribution is -2.15. The third kappa shape index (κ3) is 3.65. The summed E-state index contributed by atoms with van der Waals surface area (Å²) in [5.74, 6) is 0. The van der Waals surface area contributed by atoms with E-state index in [2.05, 4.69) is 0 Å². The Kier molecular flexibility index (Phi) is 1.79. The number of nitrogens with two attached hydrogens (primary N) is 1. The van der Waals surface area contributed by atoms with Gasteiger partial charge in [-0.3, -0.25) is 4.79 Å². The lowest BCUT2D eigenvalue weighted by Gasteiger charge is -1.71. The lowest BCUT2D eigenvalue weighted by molar-refractivity contribution is 0.219. The van der Waals surface area contributed by atoms with Gasteiger partial charge in [0, 0.05) is 0 Å². The molecule has 0 amide bonds. The Bertz CT molecular complexity index is 44.9. The summed E-state index contributed by atoms with van der Waals surface area (Å²) in [6.07, 6.45) is 0. The van der Waals surface area contributed by atoms with Crippen molar-refractivity contribution in [3.05, 3.63) is 0 Å². The Morgan fingerprint density at radius 1 is 2.00 bits per heavy atom. The summed E-state index contributed by atoms with van der Waals surface area (Å²) in [6, 6.07) is 0. The van der Waals surface area contributed by atoms with E-state index >= 15 is 0 Å². The van der Waals surface area contributed by atoms with E-state index in [9.17, 15) is 4.79 Å². The molecule has 0 aliphatic rings. The van der Waals surface area contributed by atoms with Crippen LogP contribution < -0.4 is 5.40 Å². The van der Waals surface area contributed by atoms with E-state index in [0.717, 1.165) is 0 Å². The third-order valence-electron chi connectivity index (χ3n) is 0.175. The molecule has 0 atom stereocenters. The highest BCUT2D eigenvalue weighted by atomic mass is 28.2. The van der Waals surface area contributed by atoms with E-state index in [4.69, 9.17) is 10.5 Å². The highest BCUT2D eigenvalue weighted by Crippen LogP contribution is 1.48. The third-order valence-corrected chi connectivity index (χ3v) is 0.524. The fraction of sp³-hybridized carbons (Fsp3) is 0. The first kappa shape index (κ1) is 4.65. The Hall–Kier alpha value is -0.353. The molecule has 5 heavy (non-hydrogen) atoms. The van der Waals surface area contributed by atoms with E-state index in [1.807, 2.05) is 0 Å². The van der Waals surface area contributed by atoms with Crippen molar-refractivity contribution in [2.24, 2.45) is 5.40 Å². The molecule has 0 aliphatic heterocycles. The lowest BCUT2D eigenvalue weighted by atomic mass is 11.6. The van der Waals surface area contributed by atoms with Crippen molar-refractivity contribution in [2.45, 2.75) is 0 Å². The molecule has 0 fully saturated rings. The van der Waals surface area contributed by atoms with Gasteiger partial charge in [0.2, 0.25) is 9.68 Å². The van der Waals surface area contributed by atoms with Gasteiger partial charge in [0.05, 0.1) is 0 Å². The summed E-state index contributed by atoms with van der Waals surface area (Å²) in [5, 5.41) is 12.4. The monoisotopic (exact) mass is 91.0 g/mol. The summed E-state index contributed by atoms with van der Waals surface area (Å²) in [7, 11) is -1.23. The van der Waals surface area contributed by atoms with Crippen LogP contribution in [-0.2, 0) is 0 Å². The Morgan fingerprint density at radius 2 is 2.20 bits per heavy atom. The number of carbonyl (C=O) groups is 1. The van der Waals surface area contributed by atoms with Gasteiger partial charge >= 0.3 is 0 Å². The van der Waals surface area contributed by atoms with Crippen LogP contribution in [0, 0.1) is 0 Å². The number of carboxylic acid groups (broad SMARTS) is 1. The summed E-state index contributed by atoms with van der Waals surface area (Å²) in [6.45, 7) is 0. The van der Waals surface area contributed by atoms with E-state index in [0.29, 0.717) is 0 Å². The molecule has 0 aromatic rings. The van der Waals surface area contributed by atoms with Crippen LogP contribution in [0.1, 0.15) is 0 Å². The van der Waals surface area contributed by atoms with Crippen molar-refractivity contribution in [2.75, 3.05) is 0 Å². The zero-order valence-electron chi connectivity index (χ0n) is 2.64. The number of hydrogen-bond donors (Lipinski definition) is 2. The van der Waals surface area contributed by atoms with Crippen LogP contribution in [0.25, 0.3) is 0 Å². The molecule has 3 N–H and O–H groups in total. The largest absolute Gasteiger partial charge is 0.485 e. The summed E-state index contributed by atoms with van der Waals surface area (Å²) >= 11 is 0. The minimum absolute atomic E-state index is 0.829. The molecule has 0 rings (SSSR count). The van der Waals surface area contributed by atoms with Crippen molar-refractivity contribution < 1.29 is 9.90 Å². The molecule has 0 radical (unpaired) electrons. The summed E-state index contributed by atoms with van der Waals surface area (Å²) < 4.78 is 0. The fourth-order valence-corrected chi connectivity index (χ4v) is 0. The Labute approximate surface area is 31.7 Å². The van der Waals surface area contributed by atoms with Crippen LogP contribution in [0.2, 0.25) is 0 Å². The van der Waals surface area contributed by atoms with E-state index in [-0.39, 0.29) is 0 Å². The second kappa shape index (κ2) is 1.92. The van der Waals surface area contributed by atoms with Gasteiger partial charge in [-0.15, -0.1) is 0 Å². The Morgan fingerprint density at radius 3 is 2.20 bits per heavy atom. The van der Waals surface area contributed by atoms with Gasteiger partial charge in [0.15, 0.2) is 0 Å². The van der Waals surface area contributed by atoms with Crippen LogP contribution in [0.3, 0.4) is 0 Å². The SMILES string of the molecule is N[SiH2]C(=O)O. The standard InChI is InChI=1S/CH5NO2Si/c2-5-1(3)4/h2,5H2,(H,3,4). The molecule has 0 unspecified atom stereocenters. The van der Waals surface area contributed by atoms with E-state index in [1.54, 1.807) is 0 Å². The van der Waals surface area contributed by atoms with Gasteiger partial charge in [0.25, 0.3) is 5.59 Å². The topological polar surface area (TPSA) is 63.3 Å². The van der Waals surface area contributed by atoms with Gasteiger partial charge in [-0.05, 0) is 0 Å². The first-order valence-corrected chi connectivity index (χ1v) is 2.71. The molecule has 0 saturated heterocycles. The van der Waals surface area contributed by atoms with Crippen molar-refractivity contribution in [3.8, 4) is 0 Å². The smallest absolute Gasteiger partial charge is 0.279 e. The van der Waals surface area contributed by atoms with Crippen LogP contribution in [-0.4, -0.2) is 20.4 Å². The van der Waals surface area contributed by atoms with Crippen molar-refractivity contribution in [1.29, 1.82) is 0 Å². The molecular formula is CH5NO2Si. The molecule has 0 spiro atoms. The van der Waals surface area contributed by atoms with E-state index < -0.39 is 15.3 Å². The molecule has 0 heterocycles. The minimum Gasteiger partial charge on any atom is -0.485 e. The first-order valence-electron chi connectivity index (χ1n) is 1.19. The van der Waals surface area contributed by atoms with Gasteiger partial charge in [0.1, 0.15) is 0 Å². The van der Waals surface area contributed by atoms with Crippen LogP contribution in [0.4, 0.5) is 4.79 Å². The quantitative estimate of drug-likeness (QED) is 0.394. The molecule has 0 saturated carbocycles. The first-order chi connectivity index (χ1) is 2.27. The van der Waals surface area contributed by atoms with Crippen LogP contribution in [0.5, 0.6) is 0 Å². The predicted molar refractivity (Wildman–Crippen MR) is 20.8 cm³/mol. The fourth-order valence-electron chi connectivity index (χ4n) is 0. The average Bonchev–Trinajstić information content (AvgIpc) is 1.38. The molecule has 0 aromatic carbocycles. The molecule has 0 aromatic heterocycles. The molecule has 0 bridgehead atoms. The van der Waals surface area contributed by atoms with Crippen LogP contribution in [0.15, 0.2) is 0 Å². The maximum Gasteiger partial charge on any atom is 0.279 e. The molecule has 30 valence electrons. The molecule has 0 aliphatic carbocycles. The second-order valence-electron chi connectivity index (χ2n) is 0.598. The van der Waals surface area contributed by atoms with E-state index in [1.165, 1.54) is 0 Å². The van der Waals surface area contributed by atoms with Crippen LogP contribution >= 0.6 is 0 Å². The van der Waals surface area contributed by atoms with Gasteiger partial charge in [-0.25, -0.2) is 0 Å². The van der Waals surface area contributed by atoms with Crippen molar-refractivity contribution in [1.82, 2.24) is 0 Å². The van der Waals surface area contributed by atoms with Gasteiger partial charge in [-0.2, -0.15) is 0 Å². The highest BCUT2D eigenvalue weighted by molar-refractivity contribution is 6.68. The average molecular weight is 91.1 g/mol. The van der Waals surface area contributed by atoms with Crippen molar-refractivity contribution >= 4 is 15.3 Å².